The van der Waals surface area contributed by atoms with Gasteiger partial charge in [0.05, 0.1) is 11.8 Å². The van der Waals surface area contributed by atoms with E-state index in [-0.39, 0.29) is 11.8 Å². The Morgan fingerprint density at radius 2 is 1.95 bits per heavy atom. The standard InChI is InChI=1S/C17H27N3/c1-13-8-6-7-11-16(13)20(2)12-15(17(18)19)14-9-4-3-5-10-14/h3-5,9-10,13,15-16H,6-8,11-12H2,1-2H3,(H3,18,19). The minimum atomic E-state index is 0.00956. The van der Waals surface area contributed by atoms with E-state index < -0.39 is 0 Å². The Hall–Kier alpha value is -1.35. The highest BCUT2D eigenvalue weighted by molar-refractivity contribution is 5.84. The number of benzene rings is 1. The Balaban J connectivity index is 2.06. The maximum atomic E-state index is 7.90. The molecule has 1 fully saturated rings. The van der Waals surface area contributed by atoms with Gasteiger partial charge in [0, 0.05) is 12.6 Å². The lowest BCUT2D eigenvalue weighted by Gasteiger charge is -2.38. The molecule has 0 saturated heterocycles. The molecular formula is C17H27N3. The predicted octanol–water partition coefficient (Wildman–Crippen LogP) is 3.22. The fourth-order valence-electron chi connectivity index (χ4n) is 3.44. The quantitative estimate of drug-likeness (QED) is 0.639. The first kappa shape index (κ1) is 15.0. The van der Waals surface area contributed by atoms with Crippen molar-refractivity contribution in [2.24, 2.45) is 11.7 Å². The SMILES string of the molecule is CC1CCCCC1N(C)CC(C(=N)N)c1ccccc1. The highest BCUT2D eigenvalue weighted by atomic mass is 15.1. The first-order valence-electron chi connectivity index (χ1n) is 7.68. The van der Waals surface area contributed by atoms with Crippen molar-refractivity contribution < 1.29 is 0 Å². The summed E-state index contributed by atoms with van der Waals surface area (Å²) in [6.07, 6.45) is 5.29. The molecule has 0 aliphatic heterocycles. The number of hydrogen-bond acceptors (Lipinski definition) is 2. The largest absolute Gasteiger partial charge is 0.387 e. The van der Waals surface area contributed by atoms with Crippen molar-refractivity contribution in [1.82, 2.24) is 4.90 Å². The third-order valence-corrected chi connectivity index (χ3v) is 4.68. The first-order valence-corrected chi connectivity index (χ1v) is 7.68. The molecule has 3 atom stereocenters. The van der Waals surface area contributed by atoms with Gasteiger partial charge in [0.15, 0.2) is 0 Å². The van der Waals surface area contributed by atoms with Crippen LogP contribution in [0.25, 0.3) is 0 Å². The summed E-state index contributed by atoms with van der Waals surface area (Å²) < 4.78 is 0. The zero-order valence-electron chi connectivity index (χ0n) is 12.7. The van der Waals surface area contributed by atoms with E-state index in [1.165, 1.54) is 25.7 Å². The van der Waals surface area contributed by atoms with E-state index in [1.807, 2.05) is 18.2 Å². The van der Waals surface area contributed by atoms with Gasteiger partial charge in [-0.05, 0) is 31.4 Å². The second-order valence-corrected chi connectivity index (χ2v) is 6.19. The summed E-state index contributed by atoms with van der Waals surface area (Å²) in [4.78, 5) is 2.42. The molecular weight excluding hydrogens is 246 g/mol. The molecule has 1 saturated carbocycles. The Morgan fingerprint density at radius 3 is 2.55 bits per heavy atom. The van der Waals surface area contributed by atoms with Crippen LogP contribution >= 0.6 is 0 Å². The van der Waals surface area contributed by atoms with Crippen LogP contribution in [0.15, 0.2) is 30.3 Å². The van der Waals surface area contributed by atoms with Crippen LogP contribution in [-0.4, -0.2) is 30.4 Å². The lowest BCUT2D eigenvalue weighted by atomic mass is 9.84. The number of nitrogens with one attached hydrogen (secondary N) is 1. The Kier molecular flexibility index (Phi) is 5.18. The Labute approximate surface area is 122 Å². The molecule has 2 rings (SSSR count). The van der Waals surface area contributed by atoms with Crippen molar-refractivity contribution in [2.75, 3.05) is 13.6 Å². The molecule has 110 valence electrons. The predicted molar refractivity (Wildman–Crippen MR) is 85.1 cm³/mol. The van der Waals surface area contributed by atoms with Crippen LogP contribution in [0.4, 0.5) is 0 Å². The van der Waals surface area contributed by atoms with E-state index in [1.54, 1.807) is 0 Å². The van der Waals surface area contributed by atoms with E-state index in [9.17, 15) is 0 Å². The highest BCUT2D eigenvalue weighted by Gasteiger charge is 2.27. The molecule has 1 aromatic carbocycles. The fraction of sp³-hybridized carbons (Fsp3) is 0.588. The molecule has 3 unspecified atom stereocenters. The summed E-state index contributed by atoms with van der Waals surface area (Å²) in [5.41, 5.74) is 6.99. The summed E-state index contributed by atoms with van der Waals surface area (Å²) in [7, 11) is 2.19. The van der Waals surface area contributed by atoms with Gasteiger partial charge < -0.3 is 10.6 Å². The van der Waals surface area contributed by atoms with Gasteiger partial charge in [0.25, 0.3) is 0 Å². The molecule has 1 aromatic rings. The van der Waals surface area contributed by atoms with Gasteiger partial charge in [0.2, 0.25) is 0 Å². The Bertz CT molecular complexity index is 429. The summed E-state index contributed by atoms with van der Waals surface area (Å²) >= 11 is 0. The van der Waals surface area contributed by atoms with Gasteiger partial charge in [-0.2, -0.15) is 0 Å². The summed E-state index contributed by atoms with van der Waals surface area (Å²) in [5, 5.41) is 7.90. The average molecular weight is 273 g/mol. The summed E-state index contributed by atoms with van der Waals surface area (Å²) in [5.74, 6) is 1.03. The second-order valence-electron chi connectivity index (χ2n) is 6.19. The number of nitrogens with two attached hydrogens (primary N) is 1. The van der Waals surface area contributed by atoms with Crippen LogP contribution in [-0.2, 0) is 0 Å². The summed E-state index contributed by atoms with van der Waals surface area (Å²) in [6.45, 7) is 3.19. The fourth-order valence-corrected chi connectivity index (χ4v) is 3.44. The average Bonchev–Trinajstić information content (AvgIpc) is 2.45. The van der Waals surface area contributed by atoms with Crippen LogP contribution in [0.2, 0.25) is 0 Å². The normalized spacial score (nSPS) is 24.6. The number of rotatable bonds is 5. The minimum absolute atomic E-state index is 0.00956. The van der Waals surface area contributed by atoms with Crippen molar-refractivity contribution >= 4 is 5.84 Å². The second kappa shape index (κ2) is 6.89. The molecule has 0 bridgehead atoms. The molecule has 0 spiro atoms. The maximum Gasteiger partial charge on any atom is 0.0995 e. The first-order chi connectivity index (χ1) is 9.59. The van der Waals surface area contributed by atoms with Gasteiger partial charge >= 0.3 is 0 Å². The van der Waals surface area contributed by atoms with Crippen molar-refractivity contribution in [1.29, 1.82) is 5.41 Å². The number of likely N-dealkylation sites (N-methyl/N-ethyl adjacent to an activating group) is 1. The van der Waals surface area contributed by atoms with E-state index >= 15 is 0 Å². The lowest BCUT2D eigenvalue weighted by molar-refractivity contribution is 0.138. The van der Waals surface area contributed by atoms with E-state index in [4.69, 9.17) is 11.1 Å². The van der Waals surface area contributed by atoms with E-state index in [0.717, 1.165) is 18.0 Å². The molecule has 3 N–H and O–H groups in total. The van der Waals surface area contributed by atoms with Gasteiger partial charge in [-0.1, -0.05) is 50.1 Å². The van der Waals surface area contributed by atoms with E-state index in [2.05, 4.69) is 31.0 Å². The van der Waals surface area contributed by atoms with Crippen molar-refractivity contribution in [2.45, 2.75) is 44.6 Å². The molecule has 3 nitrogen and oxygen atoms in total. The summed E-state index contributed by atoms with van der Waals surface area (Å²) in [6, 6.07) is 10.8. The third kappa shape index (κ3) is 3.60. The van der Waals surface area contributed by atoms with Crippen LogP contribution in [0, 0.1) is 11.3 Å². The van der Waals surface area contributed by atoms with Crippen LogP contribution in [0.3, 0.4) is 0 Å². The number of amidine groups is 1. The van der Waals surface area contributed by atoms with Crippen molar-refractivity contribution in [3.8, 4) is 0 Å². The van der Waals surface area contributed by atoms with Gasteiger partial charge in [-0.25, -0.2) is 0 Å². The van der Waals surface area contributed by atoms with Crippen LogP contribution in [0.1, 0.15) is 44.1 Å². The van der Waals surface area contributed by atoms with Crippen LogP contribution in [0.5, 0.6) is 0 Å². The Morgan fingerprint density at radius 1 is 1.30 bits per heavy atom. The molecule has 0 radical (unpaired) electrons. The zero-order valence-corrected chi connectivity index (χ0v) is 12.7. The molecule has 0 amide bonds. The molecule has 3 heteroatoms. The zero-order chi connectivity index (χ0) is 14.5. The third-order valence-electron chi connectivity index (χ3n) is 4.68. The number of nitrogens with zero attached hydrogens (tertiary/aromatic N) is 1. The van der Waals surface area contributed by atoms with Crippen molar-refractivity contribution in [3.63, 3.8) is 0 Å². The van der Waals surface area contributed by atoms with Gasteiger partial charge in [-0.3, -0.25) is 5.41 Å². The van der Waals surface area contributed by atoms with Gasteiger partial charge in [0.1, 0.15) is 0 Å². The minimum Gasteiger partial charge on any atom is -0.387 e. The molecule has 20 heavy (non-hydrogen) atoms. The molecule has 0 heterocycles. The van der Waals surface area contributed by atoms with Crippen molar-refractivity contribution in [3.05, 3.63) is 35.9 Å². The molecule has 1 aliphatic carbocycles. The van der Waals surface area contributed by atoms with Crippen LogP contribution < -0.4 is 5.73 Å². The maximum absolute atomic E-state index is 7.90. The monoisotopic (exact) mass is 273 g/mol. The number of hydrogen-bond donors (Lipinski definition) is 2. The molecule has 0 aromatic heterocycles. The molecule has 1 aliphatic rings. The van der Waals surface area contributed by atoms with E-state index in [0.29, 0.717) is 6.04 Å². The lowest BCUT2D eigenvalue weighted by Crippen LogP contribution is -2.43. The smallest absolute Gasteiger partial charge is 0.0995 e. The van der Waals surface area contributed by atoms with Gasteiger partial charge in [-0.15, -0.1) is 0 Å². The highest BCUT2D eigenvalue weighted by Crippen LogP contribution is 2.29. The topological polar surface area (TPSA) is 53.1 Å².